The van der Waals surface area contributed by atoms with Gasteiger partial charge in [-0.15, -0.1) is 11.8 Å². The topological polar surface area (TPSA) is 43.4 Å². The highest BCUT2D eigenvalue weighted by atomic mass is 32.2. The van der Waals surface area contributed by atoms with Gasteiger partial charge in [-0.2, -0.15) is 0 Å². The molecule has 0 radical (unpaired) electrons. The standard InChI is InChI=1S/C13H14O3S3/c1-3-18-13(17)19-9(2)12(15)16-11-6-4-10(8-14)5-7-11/h4-9H,3H2,1-2H3. The zero-order chi connectivity index (χ0) is 14.3. The first-order chi connectivity index (χ1) is 9.06. The van der Waals surface area contributed by atoms with Crippen molar-refractivity contribution >= 4 is 51.5 Å². The van der Waals surface area contributed by atoms with Gasteiger partial charge in [0, 0.05) is 5.56 Å². The summed E-state index contributed by atoms with van der Waals surface area (Å²) < 4.78 is 5.95. The minimum atomic E-state index is -0.350. The fourth-order valence-corrected chi connectivity index (χ4v) is 3.67. The van der Waals surface area contributed by atoms with E-state index >= 15 is 0 Å². The van der Waals surface area contributed by atoms with Gasteiger partial charge >= 0.3 is 5.97 Å². The second-order valence-electron chi connectivity index (χ2n) is 3.55. The molecule has 0 saturated carbocycles. The van der Waals surface area contributed by atoms with Crippen molar-refractivity contribution in [2.24, 2.45) is 0 Å². The monoisotopic (exact) mass is 314 g/mol. The molecule has 1 aromatic carbocycles. The van der Waals surface area contributed by atoms with Crippen LogP contribution in [0.1, 0.15) is 24.2 Å². The first-order valence-corrected chi connectivity index (χ1v) is 7.94. The molecule has 1 aromatic rings. The number of thiocarbonyl (C=S) groups is 1. The van der Waals surface area contributed by atoms with Crippen molar-refractivity contribution in [3.05, 3.63) is 29.8 Å². The molecule has 0 spiro atoms. The summed E-state index contributed by atoms with van der Waals surface area (Å²) in [5.41, 5.74) is 0.544. The Labute approximate surface area is 126 Å². The maximum Gasteiger partial charge on any atom is 0.324 e. The smallest absolute Gasteiger partial charge is 0.324 e. The summed E-state index contributed by atoms with van der Waals surface area (Å²) in [7, 11) is 0. The van der Waals surface area contributed by atoms with E-state index in [0.717, 1.165) is 15.6 Å². The van der Waals surface area contributed by atoms with Crippen LogP contribution >= 0.6 is 35.7 Å². The highest BCUT2D eigenvalue weighted by molar-refractivity contribution is 8.47. The second kappa shape index (κ2) is 8.35. The normalized spacial score (nSPS) is 11.7. The molecule has 102 valence electrons. The summed E-state index contributed by atoms with van der Waals surface area (Å²) >= 11 is 7.98. The van der Waals surface area contributed by atoms with Crippen LogP contribution in [-0.2, 0) is 4.79 Å². The largest absolute Gasteiger partial charge is 0.426 e. The van der Waals surface area contributed by atoms with Gasteiger partial charge in [-0.25, -0.2) is 0 Å². The van der Waals surface area contributed by atoms with E-state index in [1.807, 2.05) is 6.92 Å². The summed E-state index contributed by atoms with van der Waals surface area (Å²) in [5.74, 6) is 0.973. The van der Waals surface area contributed by atoms with Gasteiger partial charge in [0.15, 0.2) is 0 Å². The number of ether oxygens (including phenoxy) is 1. The van der Waals surface area contributed by atoms with Gasteiger partial charge in [0.05, 0.1) is 0 Å². The van der Waals surface area contributed by atoms with Crippen LogP contribution in [0.15, 0.2) is 24.3 Å². The minimum Gasteiger partial charge on any atom is -0.426 e. The molecular formula is C13H14O3S3. The summed E-state index contributed by atoms with van der Waals surface area (Å²) in [6, 6.07) is 6.40. The molecule has 0 aromatic heterocycles. The van der Waals surface area contributed by atoms with E-state index < -0.39 is 0 Å². The van der Waals surface area contributed by atoms with E-state index in [4.69, 9.17) is 17.0 Å². The molecule has 0 heterocycles. The number of esters is 1. The number of carbonyl (C=O) groups is 2. The van der Waals surface area contributed by atoms with Crippen molar-refractivity contribution in [1.82, 2.24) is 0 Å². The lowest BCUT2D eigenvalue weighted by molar-refractivity contribution is -0.133. The van der Waals surface area contributed by atoms with E-state index in [0.29, 0.717) is 11.3 Å². The van der Waals surface area contributed by atoms with Gasteiger partial charge in [0.1, 0.15) is 20.8 Å². The maximum absolute atomic E-state index is 11.8. The number of benzene rings is 1. The third kappa shape index (κ3) is 5.76. The van der Waals surface area contributed by atoms with Gasteiger partial charge in [-0.05, 0) is 36.9 Å². The Hall–Kier alpha value is -0.850. The maximum atomic E-state index is 11.8. The molecule has 0 bridgehead atoms. The molecule has 0 N–H and O–H groups in total. The number of thioether (sulfide) groups is 2. The Bertz CT molecular complexity index is 457. The molecule has 19 heavy (non-hydrogen) atoms. The molecule has 1 unspecified atom stereocenters. The van der Waals surface area contributed by atoms with Crippen molar-refractivity contribution in [2.75, 3.05) is 5.75 Å². The van der Waals surface area contributed by atoms with E-state index in [2.05, 4.69) is 0 Å². The zero-order valence-electron chi connectivity index (χ0n) is 10.6. The van der Waals surface area contributed by atoms with Crippen LogP contribution in [0.5, 0.6) is 5.75 Å². The highest BCUT2D eigenvalue weighted by Gasteiger charge is 2.18. The Kier molecular flexibility index (Phi) is 7.12. The van der Waals surface area contributed by atoms with Crippen molar-refractivity contribution in [3.8, 4) is 5.75 Å². The Balaban J connectivity index is 2.53. The zero-order valence-corrected chi connectivity index (χ0v) is 13.1. The highest BCUT2D eigenvalue weighted by Crippen LogP contribution is 2.23. The molecule has 0 aliphatic heterocycles. The van der Waals surface area contributed by atoms with Crippen LogP contribution in [0.2, 0.25) is 0 Å². The first kappa shape index (κ1) is 16.2. The predicted octanol–water partition coefficient (Wildman–Crippen LogP) is 3.56. The van der Waals surface area contributed by atoms with Gasteiger partial charge in [-0.1, -0.05) is 30.9 Å². The number of aldehydes is 1. The average Bonchev–Trinajstić information content (AvgIpc) is 2.39. The van der Waals surface area contributed by atoms with Crippen LogP contribution in [-0.4, -0.2) is 26.8 Å². The van der Waals surface area contributed by atoms with E-state index in [1.165, 1.54) is 23.5 Å². The van der Waals surface area contributed by atoms with Crippen LogP contribution in [0.3, 0.4) is 0 Å². The van der Waals surface area contributed by atoms with Crippen molar-refractivity contribution in [3.63, 3.8) is 0 Å². The van der Waals surface area contributed by atoms with Crippen molar-refractivity contribution in [1.29, 1.82) is 0 Å². The Morgan fingerprint density at radius 1 is 1.42 bits per heavy atom. The Morgan fingerprint density at radius 2 is 2.05 bits per heavy atom. The third-order valence-electron chi connectivity index (χ3n) is 2.10. The molecule has 0 amide bonds. The predicted molar refractivity (Wildman–Crippen MR) is 85.2 cm³/mol. The lowest BCUT2D eigenvalue weighted by atomic mass is 10.2. The first-order valence-electron chi connectivity index (χ1n) is 5.67. The van der Waals surface area contributed by atoms with E-state index in [9.17, 15) is 9.59 Å². The van der Waals surface area contributed by atoms with Crippen molar-refractivity contribution in [2.45, 2.75) is 19.1 Å². The summed E-state index contributed by atoms with van der Waals surface area (Å²) in [6.45, 7) is 3.77. The van der Waals surface area contributed by atoms with Gasteiger partial charge in [0.2, 0.25) is 0 Å². The molecule has 6 heteroatoms. The molecule has 0 fully saturated rings. The number of rotatable bonds is 5. The summed E-state index contributed by atoms with van der Waals surface area (Å²) in [6.07, 6.45) is 0.741. The van der Waals surface area contributed by atoms with Gasteiger partial charge in [-0.3, -0.25) is 9.59 Å². The van der Waals surface area contributed by atoms with Crippen LogP contribution in [0.25, 0.3) is 0 Å². The summed E-state index contributed by atoms with van der Waals surface area (Å²) in [4.78, 5) is 22.3. The van der Waals surface area contributed by atoms with Gasteiger partial charge in [0.25, 0.3) is 0 Å². The molecule has 1 atom stereocenters. The quantitative estimate of drug-likeness (QED) is 0.358. The SMILES string of the molecule is CCSC(=S)SC(C)C(=O)Oc1ccc(C=O)cc1. The molecule has 0 aliphatic carbocycles. The lowest BCUT2D eigenvalue weighted by Crippen LogP contribution is -2.20. The number of carbonyl (C=O) groups excluding carboxylic acids is 2. The van der Waals surface area contributed by atoms with Crippen LogP contribution in [0.4, 0.5) is 0 Å². The van der Waals surface area contributed by atoms with E-state index in [1.54, 1.807) is 31.2 Å². The fraction of sp³-hybridized carbons (Fsp3) is 0.308. The number of hydrogen-bond acceptors (Lipinski definition) is 6. The van der Waals surface area contributed by atoms with Gasteiger partial charge < -0.3 is 4.74 Å². The molecular weight excluding hydrogens is 300 g/mol. The average molecular weight is 314 g/mol. The summed E-state index contributed by atoms with van der Waals surface area (Å²) in [5, 5.41) is -0.350. The van der Waals surface area contributed by atoms with Crippen molar-refractivity contribution < 1.29 is 14.3 Å². The van der Waals surface area contributed by atoms with E-state index in [-0.39, 0.29) is 11.2 Å². The lowest BCUT2D eigenvalue weighted by Gasteiger charge is -2.11. The fourth-order valence-electron chi connectivity index (χ4n) is 1.16. The van der Waals surface area contributed by atoms with Crippen LogP contribution < -0.4 is 4.74 Å². The van der Waals surface area contributed by atoms with Crippen LogP contribution in [0, 0.1) is 0 Å². The third-order valence-corrected chi connectivity index (χ3v) is 4.65. The number of hydrogen-bond donors (Lipinski definition) is 0. The second-order valence-corrected chi connectivity index (χ2v) is 7.36. The Morgan fingerprint density at radius 3 is 2.58 bits per heavy atom. The minimum absolute atomic E-state index is 0.345. The molecule has 0 aliphatic rings. The molecule has 3 nitrogen and oxygen atoms in total. The molecule has 0 saturated heterocycles. The molecule has 1 rings (SSSR count).